The zero-order valence-electron chi connectivity index (χ0n) is 16.1. The summed E-state index contributed by atoms with van der Waals surface area (Å²) < 4.78 is 16.7. The molecule has 1 unspecified atom stereocenters. The van der Waals surface area contributed by atoms with E-state index in [1.165, 1.54) is 0 Å². The zero-order valence-corrected chi connectivity index (χ0v) is 16.9. The van der Waals surface area contributed by atoms with Crippen LogP contribution in [-0.4, -0.2) is 42.1 Å². The number of ether oxygens (including phenoxy) is 3. The van der Waals surface area contributed by atoms with E-state index in [-0.39, 0.29) is 0 Å². The average Bonchev–Trinajstić information content (AvgIpc) is 2.82. The number of carbonyl (C=O) groups is 1. The third-order valence-electron chi connectivity index (χ3n) is 3.87. The van der Waals surface area contributed by atoms with Crippen LogP contribution in [0.25, 0.3) is 0 Å². The van der Waals surface area contributed by atoms with Crippen LogP contribution in [0.3, 0.4) is 0 Å². The number of nitrogens with zero attached hydrogens (tertiary/aromatic N) is 1. The summed E-state index contributed by atoms with van der Waals surface area (Å²) in [5.74, 6) is 6.20. The van der Waals surface area contributed by atoms with Crippen molar-refractivity contribution < 1.29 is 19.0 Å². The summed E-state index contributed by atoms with van der Waals surface area (Å²) in [4.78, 5) is 14.2. The smallest absolute Gasteiger partial charge is 0.413 e. The molecule has 142 valence electrons. The number of halogens is 1. The fraction of sp³-hybridized carbons (Fsp3) is 0.550. The third-order valence-corrected chi connectivity index (χ3v) is 4.12. The van der Waals surface area contributed by atoms with E-state index in [1.807, 2.05) is 46.8 Å². The Balaban J connectivity index is 2.22. The first kappa shape index (κ1) is 20.6. The van der Waals surface area contributed by atoms with Crippen molar-refractivity contribution in [2.45, 2.75) is 58.1 Å². The van der Waals surface area contributed by atoms with Gasteiger partial charge in [-0.1, -0.05) is 35.6 Å². The van der Waals surface area contributed by atoms with Gasteiger partial charge in [0.05, 0.1) is 6.61 Å². The summed E-state index contributed by atoms with van der Waals surface area (Å²) in [6.07, 6.45) is -0.865. The van der Waals surface area contributed by atoms with Crippen molar-refractivity contribution in [3.05, 3.63) is 34.9 Å². The first-order valence-electron chi connectivity index (χ1n) is 8.49. The average molecular weight is 380 g/mol. The predicted molar refractivity (Wildman–Crippen MR) is 101 cm³/mol. The number of hydrogen-bond donors (Lipinski definition) is 0. The molecule has 1 heterocycles. The van der Waals surface area contributed by atoms with Gasteiger partial charge in [-0.15, -0.1) is 0 Å². The van der Waals surface area contributed by atoms with Crippen LogP contribution >= 0.6 is 11.6 Å². The Labute approximate surface area is 160 Å². The molecule has 26 heavy (non-hydrogen) atoms. The lowest BCUT2D eigenvalue weighted by Gasteiger charge is -2.33. The molecule has 0 spiro atoms. The SMILES string of the molecule is COC(C#C[C@H]1COC(C)(C)N1C(=O)OC(C)(C)C)c1ccc(Cl)cc1. The first-order chi connectivity index (χ1) is 12.0. The number of amides is 1. The molecule has 1 fully saturated rings. The maximum atomic E-state index is 12.6. The first-order valence-corrected chi connectivity index (χ1v) is 8.87. The highest BCUT2D eigenvalue weighted by molar-refractivity contribution is 6.30. The van der Waals surface area contributed by atoms with Crippen molar-refractivity contribution in [1.82, 2.24) is 4.90 Å². The summed E-state index contributed by atoms with van der Waals surface area (Å²) in [5.41, 5.74) is -0.484. The Morgan fingerprint density at radius 2 is 1.96 bits per heavy atom. The van der Waals surface area contributed by atoms with E-state index < -0.39 is 29.6 Å². The van der Waals surface area contributed by atoms with Crippen LogP contribution in [0.15, 0.2) is 24.3 Å². The Kier molecular flexibility index (Phi) is 6.23. The van der Waals surface area contributed by atoms with Gasteiger partial charge in [0.1, 0.15) is 23.5 Å². The Hall–Kier alpha value is -1.74. The predicted octanol–water partition coefficient (Wildman–Crippen LogP) is 4.40. The van der Waals surface area contributed by atoms with Gasteiger partial charge in [0.15, 0.2) is 0 Å². The van der Waals surface area contributed by atoms with E-state index in [1.54, 1.807) is 24.1 Å². The molecule has 2 atom stereocenters. The number of benzene rings is 1. The van der Waals surface area contributed by atoms with Crippen molar-refractivity contribution in [1.29, 1.82) is 0 Å². The number of carbonyl (C=O) groups excluding carboxylic acids is 1. The van der Waals surface area contributed by atoms with Crippen LogP contribution in [0.1, 0.15) is 46.3 Å². The lowest BCUT2D eigenvalue weighted by Crippen LogP contribution is -2.49. The quantitative estimate of drug-likeness (QED) is 0.714. The van der Waals surface area contributed by atoms with E-state index in [9.17, 15) is 4.79 Å². The molecule has 1 aliphatic rings. The molecule has 1 aromatic carbocycles. The summed E-state index contributed by atoms with van der Waals surface area (Å²) in [7, 11) is 1.59. The number of hydrogen-bond acceptors (Lipinski definition) is 4. The lowest BCUT2D eigenvalue weighted by atomic mass is 10.1. The van der Waals surface area contributed by atoms with Gasteiger partial charge in [0.2, 0.25) is 0 Å². The minimum Gasteiger partial charge on any atom is -0.444 e. The van der Waals surface area contributed by atoms with E-state index >= 15 is 0 Å². The zero-order chi connectivity index (χ0) is 19.5. The molecule has 1 saturated heterocycles. The minimum absolute atomic E-state index is 0.316. The van der Waals surface area contributed by atoms with Gasteiger partial charge < -0.3 is 14.2 Å². The normalized spacial score (nSPS) is 20.3. The monoisotopic (exact) mass is 379 g/mol. The Morgan fingerprint density at radius 3 is 2.50 bits per heavy atom. The molecule has 0 N–H and O–H groups in total. The largest absolute Gasteiger partial charge is 0.444 e. The van der Waals surface area contributed by atoms with Crippen LogP contribution in [-0.2, 0) is 14.2 Å². The summed E-state index contributed by atoms with van der Waals surface area (Å²) in [5, 5.41) is 0.651. The summed E-state index contributed by atoms with van der Waals surface area (Å²) >= 11 is 5.93. The number of rotatable bonds is 2. The van der Waals surface area contributed by atoms with Crippen LogP contribution < -0.4 is 0 Å². The van der Waals surface area contributed by atoms with Gasteiger partial charge in [-0.3, -0.25) is 4.90 Å². The van der Waals surface area contributed by atoms with E-state index in [0.29, 0.717) is 11.6 Å². The van der Waals surface area contributed by atoms with Gasteiger partial charge in [-0.25, -0.2) is 4.79 Å². The van der Waals surface area contributed by atoms with Gasteiger partial charge in [0.25, 0.3) is 0 Å². The van der Waals surface area contributed by atoms with Gasteiger partial charge in [0, 0.05) is 12.1 Å². The highest BCUT2D eigenvalue weighted by Crippen LogP contribution is 2.29. The molecule has 6 heteroatoms. The van der Waals surface area contributed by atoms with Crippen molar-refractivity contribution >= 4 is 17.7 Å². The second-order valence-corrected chi connectivity index (χ2v) is 8.02. The summed E-state index contributed by atoms with van der Waals surface area (Å²) in [6, 6.07) is 6.90. The van der Waals surface area contributed by atoms with Crippen LogP contribution in [0.2, 0.25) is 5.02 Å². The summed E-state index contributed by atoms with van der Waals surface area (Å²) in [6.45, 7) is 9.46. The molecule has 5 nitrogen and oxygen atoms in total. The van der Waals surface area contributed by atoms with Gasteiger partial charge in [-0.05, 0) is 52.3 Å². The van der Waals surface area contributed by atoms with Gasteiger partial charge in [-0.2, -0.15) is 0 Å². The molecule has 0 radical (unpaired) electrons. The van der Waals surface area contributed by atoms with Crippen LogP contribution in [0.5, 0.6) is 0 Å². The van der Waals surface area contributed by atoms with Crippen molar-refractivity contribution in [2.75, 3.05) is 13.7 Å². The van der Waals surface area contributed by atoms with Crippen molar-refractivity contribution in [2.24, 2.45) is 0 Å². The standard InChI is InChI=1S/C20H26ClNO4/c1-19(2,3)26-18(23)22-16(13-25-20(22,4)5)11-12-17(24-6)14-7-9-15(21)10-8-14/h7-10,16-17H,13H2,1-6H3/t16-,17?/m0/s1. The highest BCUT2D eigenvalue weighted by Gasteiger charge is 2.45. The second-order valence-electron chi connectivity index (χ2n) is 7.58. The van der Waals surface area contributed by atoms with E-state index in [0.717, 1.165) is 5.56 Å². The topological polar surface area (TPSA) is 48.0 Å². The molecule has 1 aromatic rings. The maximum absolute atomic E-state index is 12.6. The van der Waals surface area contributed by atoms with E-state index in [4.69, 9.17) is 25.8 Å². The minimum atomic E-state index is -0.787. The van der Waals surface area contributed by atoms with Crippen molar-refractivity contribution in [3.63, 3.8) is 0 Å². The fourth-order valence-electron chi connectivity index (χ4n) is 2.65. The highest BCUT2D eigenvalue weighted by atomic mass is 35.5. The second kappa shape index (κ2) is 7.87. The molecular weight excluding hydrogens is 354 g/mol. The molecular formula is C20H26ClNO4. The molecule has 2 rings (SSSR count). The fourth-order valence-corrected chi connectivity index (χ4v) is 2.78. The lowest BCUT2D eigenvalue weighted by molar-refractivity contribution is -0.0608. The van der Waals surface area contributed by atoms with E-state index in [2.05, 4.69) is 11.8 Å². The molecule has 1 aliphatic heterocycles. The molecule has 0 aromatic heterocycles. The molecule has 0 saturated carbocycles. The maximum Gasteiger partial charge on any atom is 0.413 e. The third kappa shape index (κ3) is 5.14. The molecule has 0 aliphatic carbocycles. The molecule has 0 bridgehead atoms. The van der Waals surface area contributed by atoms with Crippen LogP contribution in [0.4, 0.5) is 4.79 Å². The molecule has 1 amide bonds. The number of methoxy groups -OCH3 is 1. The Bertz CT molecular complexity index is 697. The van der Waals surface area contributed by atoms with Crippen molar-refractivity contribution in [3.8, 4) is 11.8 Å². The van der Waals surface area contributed by atoms with Gasteiger partial charge >= 0.3 is 6.09 Å². The Morgan fingerprint density at radius 1 is 1.35 bits per heavy atom. The van der Waals surface area contributed by atoms with Crippen LogP contribution in [0, 0.1) is 11.8 Å².